The highest BCUT2D eigenvalue weighted by Gasteiger charge is 2.17. The normalized spacial score (nSPS) is 15.4. The monoisotopic (exact) mass is 234 g/mol. The maximum atomic E-state index is 12.1. The van der Waals surface area contributed by atoms with Crippen molar-refractivity contribution in [1.29, 1.82) is 0 Å². The smallest absolute Gasteiger partial charge is 0.407 e. The van der Waals surface area contributed by atoms with Crippen LogP contribution in [0.4, 0.5) is 9.18 Å². The van der Waals surface area contributed by atoms with E-state index in [1.54, 1.807) is 27.7 Å². The lowest BCUT2D eigenvalue weighted by atomic mass is 10.2. The third kappa shape index (κ3) is 8.47. The molecule has 16 heavy (non-hydrogen) atoms. The van der Waals surface area contributed by atoms with E-state index in [0.717, 1.165) is 0 Å². The van der Waals surface area contributed by atoms with Crippen LogP contribution in [0, 0.1) is 0 Å². The summed E-state index contributed by atoms with van der Waals surface area (Å²) in [6.07, 6.45) is -0.449. The molecule has 0 aromatic rings. The highest BCUT2D eigenvalue weighted by Crippen LogP contribution is 2.06. The fraction of sp³-hybridized carbons (Fsp3) is 0.909. The zero-order valence-corrected chi connectivity index (χ0v) is 10.8. The number of carbonyl (C=O) groups excluding carboxylic acids is 1. The molecule has 2 N–H and O–H groups in total. The van der Waals surface area contributed by atoms with Crippen molar-refractivity contribution in [3.05, 3.63) is 0 Å². The van der Waals surface area contributed by atoms with Gasteiger partial charge in [0, 0.05) is 18.6 Å². The Balaban J connectivity index is 3.79. The highest BCUT2D eigenvalue weighted by atomic mass is 19.1. The molecule has 0 aliphatic carbocycles. The number of hydrogen-bond donors (Lipinski definition) is 2. The number of ether oxygens (including phenoxy) is 1. The Labute approximate surface area is 96.9 Å². The van der Waals surface area contributed by atoms with Gasteiger partial charge < -0.3 is 15.4 Å². The van der Waals surface area contributed by atoms with Gasteiger partial charge in [0.15, 0.2) is 0 Å². The molecule has 0 rings (SSSR count). The minimum Gasteiger partial charge on any atom is -0.444 e. The van der Waals surface area contributed by atoms with Gasteiger partial charge in [-0.05, 0) is 34.6 Å². The Morgan fingerprint density at radius 1 is 1.31 bits per heavy atom. The molecule has 96 valence electrons. The average Bonchev–Trinajstić information content (AvgIpc) is 2.10. The molecule has 1 unspecified atom stereocenters. The molecule has 5 heteroatoms. The van der Waals surface area contributed by atoms with Crippen molar-refractivity contribution in [3.63, 3.8) is 0 Å². The van der Waals surface area contributed by atoms with Crippen molar-refractivity contribution in [3.8, 4) is 0 Å². The summed E-state index contributed by atoms with van der Waals surface area (Å²) in [6.45, 7) is 9.10. The van der Waals surface area contributed by atoms with Crippen LogP contribution in [0.15, 0.2) is 0 Å². The van der Waals surface area contributed by atoms with Gasteiger partial charge in [0.25, 0.3) is 0 Å². The second kappa shape index (κ2) is 6.68. The van der Waals surface area contributed by atoms with E-state index >= 15 is 0 Å². The summed E-state index contributed by atoms with van der Waals surface area (Å²) in [6, 6.07) is -0.285. The first-order valence-electron chi connectivity index (χ1n) is 5.53. The van der Waals surface area contributed by atoms with Crippen LogP contribution in [0.2, 0.25) is 0 Å². The minimum absolute atomic E-state index is 0.0937. The van der Waals surface area contributed by atoms with Crippen molar-refractivity contribution >= 4 is 6.09 Å². The predicted octanol–water partition coefficient (Wildman–Crippen LogP) is 1.85. The fourth-order valence-corrected chi connectivity index (χ4v) is 0.992. The first kappa shape index (κ1) is 15.2. The average molecular weight is 234 g/mol. The van der Waals surface area contributed by atoms with Crippen LogP contribution >= 0.6 is 0 Å². The number of alkyl carbamates (subject to hydrolysis) is 1. The van der Waals surface area contributed by atoms with Gasteiger partial charge in [-0.1, -0.05) is 0 Å². The number of carbonyl (C=O) groups is 1. The second-order valence-electron chi connectivity index (χ2n) is 5.01. The van der Waals surface area contributed by atoms with E-state index in [-0.39, 0.29) is 12.1 Å². The number of nitrogens with one attached hydrogen (secondary N) is 2. The first-order chi connectivity index (χ1) is 7.24. The maximum absolute atomic E-state index is 12.1. The number of halogens is 1. The van der Waals surface area contributed by atoms with Crippen LogP contribution < -0.4 is 10.6 Å². The number of amides is 1. The molecule has 0 saturated heterocycles. The molecule has 1 amide bonds. The Kier molecular flexibility index (Phi) is 6.33. The molecule has 0 bridgehead atoms. The van der Waals surface area contributed by atoms with Gasteiger partial charge in [0.2, 0.25) is 0 Å². The fourth-order valence-electron chi connectivity index (χ4n) is 0.992. The van der Waals surface area contributed by atoms with Gasteiger partial charge in [-0.15, -0.1) is 0 Å². The summed E-state index contributed by atoms with van der Waals surface area (Å²) < 4.78 is 17.2. The van der Waals surface area contributed by atoms with E-state index in [0.29, 0.717) is 6.54 Å². The van der Waals surface area contributed by atoms with E-state index in [1.165, 1.54) is 0 Å². The van der Waals surface area contributed by atoms with Crippen LogP contribution in [-0.2, 0) is 4.74 Å². The number of rotatable bonds is 5. The number of alkyl halides is 1. The molecular weight excluding hydrogens is 211 g/mol. The molecule has 0 radical (unpaired) electrons. The summed E-state index contributed by atoms with van der Waals surface area (Å²) in [5.74, 6) is 0. The lowest BCUT2D eigenvalue weighted by molar-refractivity contribution is 0.0507. The van der Waals surface area contributed by atoms with Crippen LogP contribution in [0.1, 0.15) is 34.6 Å². The molecule has 0 fully saturated rings. The molecule has 0 aromatic heterocycles. The van der Waals surface area contributed by atoms with E-state index < -0.39 is 18.4 Å². The highest BCUT2D eigenvalue weighted by molar-refractivity contribution is 5.68. The van der Waals surface area contributed by atoms with Gasteiger partial charge >= 0.3 is 6.09 Å². The van der Waals surface area contributed by atoms with Gasteiger partial charge in [-0.2, -0.15) is 0 Å². The Morgan fingerprint density at radius 2 is 1.88 bits per heavy atom. The molecule has 0 heterocycles. The molecular formula is C11H23FN2O2. The van der Waals surface area contributed by atoms with Gasteiger partial charge in [-0.25, -0.2) is 9.18 Å². The van der Waals surface area contributed by atoms with E-state index in [1.807, 2.05) is 6.92 Å². The van der Waals surface area contributed by atoms with Gasteiger partial charge in [-0.3, -0.25) is 0 Å². The van der Waals surface area contributed by atoms with E-state index in [9.17, 15) is 9.18 Å². The summed E-state index contributed by atoms with van der Waals surface area (Å²) in [5.41, 5.74) is -0.497. The minimum atomic E-state index is -0.497. The largest absolute Gasteiger partial charge is 0.444 e. The quantitative estimate of drug-likeness (QED) is 0.763. The van der Waals surface area contributed by atoms with Crippen LogP contribution in [0.25, 0.3) is 0 Å². The van der Waals surface area contributed by atoms with Crippen molar-refractivity contribution in [2.45, 2.75) is 52.3 Å². The van der Waals surface area contributed by atoms with Gasteiger partial charge in [0.1, 0.15) is 12.3 Å². The van der Waals surface area contributed by atoms with Gasteiger partial charge in [0.05, 0.1) is 0 Å². The first-order valence-corrected chi connectivity index (χ1v) is 5.53. The molecule has 0 aliphatic rings. The summed E-state index contributed by atoms with van der Waals surface area (Å²) in [4.78, 5) is 11.3. The van der Waals surface area contributed by atoms with Crippen molar-refractivity contribution < 1.29 is 13.9 Å². The van der Waals surface area contributed by atoms with Crippen molar-refractivity contribution in [2.75, 3.05) is 13.2 Å². The van der Waals surface area contributed by atoms with Crippen molar-refractivity contribution in [1.82, 2.24) is 10.6 Å². The number of hydrogen-bond acceptors (Lipinski definition) is 3. The van der Waals surface area contributed by atoms with Crippen LogP contribution in [0.5, 0.6) is 0 Å². The maximum Gasteiger partial charge on any atom is 0.407 e. The molecule has 4 nitrogen and oxygen atoms in total. The molecule has 0 aromatic carbocycles. The lowest BCUT2D eigenvalue weighted by Gasteiger charge is -2.22. The van der Waals surface area contributed by atoms with E-state index in [4.69, 9.17) is 4.74 Å². The molecule has 0 spiro atoms. The van der Waals surface area contributed by atoms with Crippen LogP contribution in [0.3, 0.4) is 0 Å². The second-order valence-corrected chi connectivity index (χ2v) is 5.01. The predicted molar refractivity (Wildman–Crippen MR) is 62.3 cm³/mol. The SMILES string of the molecule is CC(CF)NC[C@@H](C)NC(=O)OC(C)(C)C. The Hall–Kier alpha value is -0.840. The summed E-state index contributed by atoms with van der Waals surface area (Å²) in [7, 11) is 0. The van der Waals surface area contributed by atoms with Crippen LogP contribution in [-0.4, -0.2) is 37.0 Å². The summed E-state index contributed by atoms with van der Waals surface area (Å²) in [5, 5.41) is 5.62. The standard InChI is InChI=1S/C11H23FN2O2/c1-8(6-12)13-7-9(2)14-10(15)16-11(3,4)5/h8-9,13H,6-7H2,1-5H3,(H,14,15)/t8?,9-/m1/s1. The molecule has 2 atom stereocenters. The Bertz CT molecular complexity index is 217. The zero-order chi connectivity index (χ0) is 12.8. The van der Waals surface area contributed by atoms with E-state index in [2.05, 4.69) is 10.6 Å². The molecule has 0 aliphatic heterocycles. The third-order valence-corrected chi connectivity index (χ3v) is 1.77. The van der Waals surface area contributed by atoms with Crippen molar-refractivity contribution in [2.24, 2.45) is 0 Å². The third-order valence-electron chi connectivity index (χ3n) is 1.77. The Morgan fingerprint density at radius 3 is 2.31 bits per heavy atom. The molecule has 0 saturated carbocycles. The lowest BCUT2D eigenvalue weighted by Crippen LogP contribution is -2.44. The topological polar surface area (TPSA) is 50.4 Å². The zero-order valence-electron chi connectivity index (χ0n) is 10.8. The summed E-state index contributed by atoms with van der Waals surface area (Å²) >= 11 is 0.